The molecule has 0 aromatic carbocycles. The number of fused-ring (bicyclic) bond motifs is 1. The third kappa shape index (κ3) is 2.17. The molecular weight excluding hydrogens is 292 g/mol. The highest BCUT2D eigenvalue weighted by Crippen LogP contribution is 2.53. The van der Waals surface area contributed by atoms with E-state index < -0.39 is 17.2 Å². The molecule has 3 aliphatic rings. The lowest BCUT2D eigenvalue weighted by molar-refractivity contribution is -0.144. The number of hydrogen-bond acceptors (Lipinski definition) is 3. The fourth-order valence-corrected chi connectivity index (χ4v) is 3.84. The van der Waals surface area contributed by atoms with Crippen LogP contribution in [0.2, 0.25) is 0 Å². The normalized spacial score (nSPS) is 32.8. The zero-order chi connectivity index (χ0) is 17.4. The maximum Gasteiger partial charge on any atom is 0.254 e. The maximum absolute atomic E-state index is 13.1. The van der Waals surface area contributed by atoms with E-state index in [0.717, 1.165) is 5.57 Å². The summed E-state index contributed by atoms with van der Waals surface area (Å²) in [4.78, 5) is 27.8. The van der Waals surface area contributed by atoms with Crippen molar-refractivity contribution in [1.29, 1.82) is 0 Å². The van der Waals surface area contributed by atoms with Gasteiger partial charge >= 0.3 is 0 Å². The van der Waals surface area contributed by atoms with Gasteiger partial charge in [0.25, 0.3) is 5.91 Å². The number of hydrogen-bond donors (Lipinski definition) is 1. The van der Waals surface area contributed by atoms with E-state index in [1.807, 2.05) is 60.6 Å². The van der Waals surface area contributed by atoms with Crippen LogP contribution in [-0.4, -0.2) is 45.5 Å². The second kappa shape index (κ2) is 4.47. The highest BCUT2D eigenvalue weighted by molar-refractivity contribution is 6.08. The maximum atomic E-state index is 13.1. The van der Waals surface area contributed by atoms with Crippen LogP contribution in [0, 0.1) is 0 Å². The summed E-state index contributed by atoms with van der Waals surface area (Å²) in [5.41, 5.74) is -0.207. The van der Waals surface area contributed by atoms with E-state index in [1.165, 1.54) is 0 Å². The van der Waals surface area contributed by atoms with E-state index >= 15 is 0 Å². The van der Waals surface area contributed by atoms with Crippen LogP contribution in [0.3, 0.4) is 0 Å². The van der Waals surface area contributed by atoms with Crippen molar-refractivity contribution in [3.63, 3.8) is 0 Å². The van der Waals surface area contributed by atoms with E-state index in [0.29, 0.717) is 5.57 Å². The van der Waals surface area contributed by atoms with Crippen molar-refractivity contribution in [2.24, 2.45) is 0 Å². The van der Waals surface area contributed by atoms with Gasteiger partial charge in [-0.25, -0.2) is 0 Å². The molecule has 0 aliphatic carbocycles. The highest BCUT2D eigenvalue weighted by Gasteiger charge is 2.67. The Hall–Kier alpha value is -1.62. The lowest BCUT2D eigenvalue weighted by atomic mass is 9.84. The standard InChI is InChI=1S/C18H26N2O3/c1-10-11-8-9-18(23-11)12(10)15(22)20(17(5,6)7)13(18)14(21)19-16(2,3)4/h8-9,11,13H,1-7H3,(H,19,21)/t11-,13+,18+/m0/s1. The van der Waals surface area contributed by atoms with Crippen molar-refractivity contribution in [2.45, 2.75) is 77.3 Å². The molecular formula is C18H26N2O3. The van der Waals surface area contributed by atoms with E-state index in [-0.39, 0.29) is 23.5 Å². The van der Waals surface area contributed by atoms with Gasteiger partial charge in [0.15, 0.2) is 0 Å². The van der Waals surface area contributed by atoms with Crippen molar-refractivity contribution in [3.05, 3.63) is 23.3 Å². The molecule has 1 saturated heterocycles. The molecule has 1 spiro atoms. The van der Waals surface area contributed by atoms with Gasteiger partial charge in [-0.05, 0) is 60.1 Å². The molecule has 0 saturated carbocycles. The Morgan fingerprint density at radius 1 is 1.26 bits per heavy atom. The Kier molecular flexibility index (Phi) is 3.16. The van der Waals surface area contributed by atoms with Gasteiger partial charge in [0.1, 0.15) is 11.6 Å². The van der Waals surface area contributed by atoms with Gasteiger partial charge in [0.05, 0.1) is 11.7 Å². The van der Waals surface area contributed by atoms with E-state index in [9.17, 15) is 9.59 Å². The second-order valence-electron chi connectivity index (χ2n) is 8.74. The molecule has 1 fully saturated rings. The van der Waals surface area contributed by atoms with Crippen LogP contribution in [0.4, 0.5) is 0 Å². The van der Waals surface area contributed by atoms with Crippen molar-refractivity contribution < 1.29 is 14.3 Å². The molecule has 5 nitrogen and oxygen atoms in total. The molecule has 0 aromatic heterocycles. The number of nitrogens with one attached hydrogen (secondary N) is 1. The van der Waals surface area contributed by atoms with Crippen LogP contribution >= 0.6 is 0 Å². The third-order valence-corrected chi connectivity index (χ3v) is 4.62. The largest absolute Gasteiger partial charge is 0.352 e. The zero-order valence-electron chi connectivity index (χ0n) is 15.0. The van der Waals surface area contributed by atoms with Gasteiger partial charge in [-0.1, -0.05) is 6.08 Å². The van der Waals surface area contributed by atoms with Crippen molar-refractivity contribution in [1.82, 2.24) is 10.2 Å². The average molecular weight is 318 g/mol. The first-order valence-electron chi connectivity index (χ1n) is 8.12. The van der Waals surface area contributed by atoms with Gasteiger partial charge in [0.2, 0.25) is 5.91 Å². The van der Waals surface area contributed by atoms with Crippen LogP contribution < -0.4 is 5.32 Å². The molecule has 0 unspecified atom stereocenters. The van der Waals surface area contributed by atoms with Gasteiger partial charge in [-0.2, -0.15) is 0 Å². The average Bonchev–Trinajstić information content (AvgIpc) is 2.95. The minimum Gasteiger partial charge on any atom is -0.352 e. The van der Waals surface area contributed by atoms with Gasteiger partial charge in [-0.15, -0.1) is 0 Å². The Balaban J connectivity index is 2.12. The summed E-state index contributed by atoms with van der Waals surface area (Å²) < 4.78 is 6.13. The fraction of sp³-hybridized carbons (Fsp3) is 0.667. The minimum atomic E-state index is -0.936. The topological polar surface area (TPSA) is 58.6 Å². The van der Waals surface area contributed by atoms with Crippen LogP contribution in [0.15, 0.2) is 23.3 Å². The number of amides is 2. The Bertz CT molecular complexity index is 648. The quantitative estimate of drug-likeness (QED) is 0.752. The smallest absolute Gasteiger partial charge is 0.254 e. The molecule has 2 bridgehead atoms. The van der Waals surface area contributed by atoms with E-state index in [4.69, 9.17) is 4.74 Å². The summed E-state index contributed by atoms with van der Waals surface area (Å²) in [5.74, 6) is -0.258. The molecule has 5 heteroatoms. The van der Waals surface area contributed by atoms with E-state index in [1.54, 1.807) is 4.90 Å². The number of likely N-dealkylation sites (tertiary alicyclic amines) is 1. The molecule has 3 rings (SSSR count). The van der Waals surface area contributed by atoms with Crippen molar-refractivity contribution in [3.8, 4) is 0 Å². The molecule has 0 radical (unpaired) electrons. The Labute approximate surface area is 137 Å². The number of nitrogens with zero attached hydrogens (tertiary/aromatic N) is 1. The SMILES string of the molecule is CC1=C2C(=O)N(C(C)(C)C)[C@H](C(=O)NC(C)(C)C)[C@@]23C=C[C@@H]1O3. The molecule has 2 amide bonds. The number of ether oxygens (including phenoxy) is 1. The van der Waals surface area contributed by atoms with Gasteiger partial charge < -0.3 is 15.0 Å². The Morgan fingerprint density at radius 2 is 1.87 bits per heavy atom. The summed E-state index contributed by atoms with van der Waals surface area (Å²) in [6.45, 7) is 13.6. The minimum absolute atomic E-state index is 0.0871. The molecule has 23 heavy (non-hydrogen) atoms. The number of carbonyl (C=O) groups is 2. The summed E-state index contributed by atoms with van der Waals surface area (Å²) in [5, 5.41) is 3.02. The van der Waals surface area contributed by atoms with Crippen LogP contribution in [0.1, 0.15) is 48.5 Å². The third-order valence-electron chi connectivity index (χ3n) is 4.62. The summed E-state index contributed by atoms with van der Waals surface area (Å²) in [6, 6.07) is -0.678. The highest BCUT2D eigenvalue weighted by atomic mass is 16.5. The van der Waals surface area contributed by atoms with Crippen LogP contribution in [-0.2, 0) is 14.3 Å². The predicted molar refractivity (Wildman–Crippen MR) is 87.7 cm³/mol. The summed E-state index contributed by atoms with van der Waals surface area (Å²) >= 11 is 0. The van der Waals surface area contributed by atoms with Gasteiger partial charge in [-0.3, -0.25) is 9.59 Å². The molecule has 3 atom stereocenters. The lowest BCUT2D eigenvalue weighted by Crippen LogP contribution is -2.61. The molecule has 3 heterocycles. The Morgan fingerprint density at radius 3 is 2.39 bits per heavy atom. The monoisotopic (exact) mass is 318 g/mol. The fourth-order valence-electron chi connectivity index (χ4n) is 3.84. The zero-order valence-corrected chi connectivity index (χ0v) is 15.0. The predicted octanol–water partition coefficient (Wildman–Crippen LogP) is 1.93. The molecule has 1 N–H and O–H groups in total. The van der Waals surface area contributed by atoms with Crippen molar-refractivity contribution >= 4 is 11.8 Å². The molecule has 0 aromatic rings. The molecule has 3 aliphatic heterocycles. The first-order chi connectivity index (χ1) is 10.4. The van der Waals surface area contributed by atoms with Crippen molar-refractivity contribution in [2.75, 3.05) is 0 Å². The van der Waals surface area contributed by atoms with Gasteiger partial charge in [0, 0.05) is 11.1 Å². The first-order valence-corrected chi connectivity index (χ1v) is 8.12. The van der Waals surface area contributed by atoms with Crippen LogP contribution in [0.5, 0.6) is 0 Å². The second-order valence-corrected chi connectivity index (χ2v) is 8.74. The number of rotatable bonds is 1. The first kappa shape index (κ1) is 16.2. The molecule has 126 valence electrons. The number of carbonyl (C=O) groups excluding carboxylic acids is 2. The summed E-state index contributed by atoms with van der Waals surface area (Å²) in [7, 11) is 0. The lowest BCUT2D eigenvalue weighted by Gasteiger charge is -2.40. The summed E-state index contributed by atoms with van der Waals surface area (Å²) in [6.07, 6.45) is 3.67. The van der Waals surface area contributed by atoms with Crippen LogP contribution in [0.25, 0.3) is 0 Å². The van der Waals surface area contributed by atoms with E-state index in [2.05, 4.69) is 5.32 Å².